The first kappa shape index (κ1) is 20.7. The summed E-state index contributed by atoms with van der Waals surface area (Å²) in [5.74, 6) is 0.563. The van der Waals surface area contributed by atoms with Gasteiger partial charge in [0.2, 0.25) is 0 Å². The molecule has 0 bridgehead atoms. The molecule has 7 heteroatoms. The number of carbonyl (C=O) groups is 2. The summed E-state index contributed by atoms with van der Waals surface area (Å²) >= 11 is 0. The number of phenolic OH excluding ortho intramolecular Hbond substituents is 1. The number of hydrogen-bond acceptors (Lipinski definition) is 6. The van der Waals surface area contributed by atoms with E-state index in [1.807, 2.05) is 24.8 Å². The highest BCUT2D eigenvalue weighted by Crippen LogP contribution is 2.41. The number of nitrogens with zero attached hydrogens (tertiary/aromatic N) is 3. The second kappa shape index (κ2) is 8.04. The first-order valence-corrected chi connectivity index (χ1v) is 11.3. The van der Waals surface area contributed by atoms with Crippen molar-refractivity contribution in [2.75, 3.05) is 13.1 Å². The molecule has 1 amide bonds. The first-order valence-electron chi connectivity index (χ1n) is 11.3. The number of pyridine rings is 1. The van der Waals surface area contributed by atoms with Gasteiger partial charge >= 0.3 is 0 Å². The summed E-state index contributed by atoms with van der Waals surface area (Å²) in [5, 5.41) is 14.4. The minimum Gasteiger partial charge on any atom is -0.508 e. The molecule has 7 nitrogen and oxygen atoms in total. The zero-order valence-corrected chi connectivity index (χ0v) is 18.4. The van der Waals surface area contributed by atoms with Gasteiger partial charge in [0.1, 0.15) is 5.75 Å². The zero-order valence-electron chi connectivity index (χ0n) is 18.4. The summed E-state index contributed by atoms with van der Waals surface area (Å²) in [6, 6.07) is 8.30. The Morgan fingerprint density at radius 1 is 1.09 bits per heavy atom. The molecule has 1 aromatic carbocycles. The molecule has 0 spiro atoms. The van der Waals surface area contributed by atoms with Crippen LogP contribution in [0.2, 0.25) is 0 Å². The summed E-state index contributed by atoms with van der Waals surface area (Å²) < 4.78 is 5.52. The van der Waals surface area contributed by atoms with Crippen molar-refractivity contribution >= 4 is 22.8 Å². The number of phenols is 1. The van der Waals surface area contributed by atoms with Crippen molar-refractivity contribution in [3.8, 4) is 5.75 Å². The van der Waals surface area contributed by atoms with Crippen molar-refractivity contribution in [1.82, 2.24) is 15.0 Å². The second-order valence-electron chi connectivity index (χ2n) is 9.25. The monoisotopic (exact) mass is 433 g/mol. The highest BCUT2D eigenvalue weighted by Gasteiger charge is 2.33. The summed E-state index contributed by atoms with van der Waals surface area (Å²) in [4.78, 5) is 32.9. The van der Waals surface area contributed by atoms with Crippen LogP contribution in [0.25, 0.3) is 11.1 Å². The van der Waals surface area contributed by atoms with E-state index in [-0.39, 0.29) is 29.3 Å². The van der Waals surface area contributed by atoms with Gasteiger partial charge in [0.15, 0.2) is 5.78 Å². The van der Waals surface area contributed by atoms with Gasteiger partial charge in [0.05, 0.1) is 16.6 Å². The standard InChI is InChI=1S/C25H27N3O4/c1-14(2)22-21-19(13-20(15-3-4-15)26-24(21)32-27-22)25(31)28-11-9-17(10-12-28)23(30)16-5-7-18(29)8-6-16/h5-8,13-15,17,29H,3-4,9-12H2,1-2H3. The van der Waals surface area contributed by atoms with Crippen molar-refractivity contribution in [2.24, 2.45) is 5.92 Å². The number of benzene rings is 1. The van der Waals surface area contributed by atoms with Crippen LogP contribution < -0.4 is 0 Å². The van der Waals surface area contributed by atoms with Crippen LogP contribution in [-0.4, -0.2) is 44.9 Å². The predicted octanol–water partition coefficient (Wildman–Crippen LogP) is 4.66. The average molecular weight is 434 g/mol. The number of likely N-dealkylation sites (tertiary alicyclic amines) is 1. The number of fused-ring (bicyclic) bond motifs is 1. The Morgan fingerprint density at radius 2 is 1.78 bits per heavy atom. The fraction of sp³-hybridized carbons (Fsp3) is 0.440. The number of piperidine rings is 1. The van der Waals surface area contributed by atoms with E-state index in [4.69, 9.17) is 4.52 Å². The molecular weight excluding hydrogens is 406 g/mol. The molecule has 2 fully saturated rings. The van der Waals surface area contributed by atoms with Crippen molar-refractivity contribution in [3.63, 3.8) is 0 Å². The highest BCUT2D eigenvalue weighted by molar-refractivity contribution is 6.06. The lowest BCUT2D eigenvalue weighted by molar-refractivity contribution is 0.0651. The molecule has 5 rings (SSSR count). The lowest BCUT2D eigenvalue weighted by Gasteiger charge is -2.31. The minimum atomic E-state index is -0.120. The third-order valence-electron chi connectivity index (χ3n) is 6.57. The van der Waals surface area contributed by atoms with Gasteiger partial charge in [-0.15, -0.1) is 0 Å². The van der Waals surface area contributed by atoms with Crippen LogP contribution in [0, 0.1) is 5.92 Å². The predicted molar refractivity (Wildman–Crippen MR) is 119 cm³/mol. The summed E-state index contributed by atoms with van der Waals surface area (Å²) in [6.45, 7) is 5.11. The number of hydrogen-bond donors (Lipinski definition) is 1. The van der Waals surface area contributed by atoms with Gasteiger partial charge in [0.25, 0.3) is 11.6 Å². The van der Waals surface area contributed by atoms with Gasteiger partial charge in [0, 0.05) is 36.2 Å². The van der Waals surface area contributed by atoms with Gasteiger partial charge in [-0.1, -0.05) is 19.0 Å². The zero-order chi connectivity index (χ0) is 22.4. The third kappa shape index (κ3) is 3.76. The quantitative estimate of drug-likeness (QED) is 0.588. The van der Waals surface area contributed by atoms with Gasteiger partial charge in [-0.3, -0.25) is 9.59 Å². The van der Waals surface area contributed by atoms with Crippen molar-refractivity contribution < 1.29 is 19.2 Å². The van der Waals surface area contributed by atoms with Gasteiger partial charge in [-0.25, -0.2) is 4.98 Å². The van der Waals surface area contributed by atoms with Gasteiger partial charge in [-0.05, 0) is 61.9 Å². The maximum Gasteiger partial charge on any atom is 0.259 e. The molecule has 1 N–H and O–H groups in total. The Balaban J connectivity index is 1.37. The maximum absolute atomic E-state index is 13.6. The molecule has 1 aliphatic carbocycles. The lowest BCUT2D eigenvalue weighted by Crippen LogP contribution is -2.40. The number of Topliss-reactive ketones (excluding diaryl/α,β-unsaturated/α-hetero) is 1. The van der Waals surface area contributed by atoms with E-state index in [1.165, 1.54) is 12.1 Å². The minimum absolute atomic E-state index is 0.0417. The summed E-state index contributed by atoms with van der Waals surface area (Å²) in [5.41, 5.74) is 3.33. The normalized spacial score (nSPS) is 17.3. The maximum atomic E-state index is 13.6. The molecule has 1 saturated heterocycles. The van der Waals surface area contributed by atoms with Gasteiger partial charge in [-0.2, -0.15) is 0 Å². The van der Waals surface area contributed by atoms with E-state index in [0.29, 0.717) is 48.7 Å². The highest BCUT2D eigenvalue weighted by atomic mass is 16.5. The van der Waals surface area contributed by atoms with Crippen LogP contribution >= 0.6 is 0 Å². The van der Waals surface area contributed by atoms with E-state index in [1.54, 1.807) is 12.1 Å². The molecule has 0 radical (unpaired) electrons. The van der Waals surface area contributed by atoms with Crippen LogP contribution in [0.4, 0.5) is 0 Å². The molecule has 0 atom stereocenters. The SMILES string of the molecule is CC(C)c1noc2nc(C3CC3)cc(C(=O)N3CCC(C(=O)c4ccc(O)cc4)CC3)c12. The Kier molecular flexibility index (Phi) is 5.19. The fourth-order valence-corrected chi connectivity index (χ4v) is 4.52. The molecule has 3 heterocycles. The molecule has 1 aliphatic heterocycles. The molecular formula is C25H27N3O4. The number of rotatable bonds is 5. The summed E-state index contributed by atoms with van der Waals surface area (Å²) in [7, 11) is 0. The van der Waals surface area contributed by atoms with Crippen LogP contribution in [0.5, 0.6) is 5.75 Å². The Morgan fingerprint density at radius 3 is 2.41 bits per heavy atom. The number of carbonyl (C=O) groups excluding carboxylic acids is 2. The second-order valence-corrected chi connectivity index (χ2v) is 9.25. The molecule has 2 aliphatic rings. The number of ketones is 1. The van der Waals surface area contributed by atoms with E-state index >= 15 is 0 Å². The van der Waals surface area contributed by atoms with Crippen molar-refractivity contribution in [2.45, 2.75) is 51.4 Å². The topological polar surface area (TPSA) is 96.5 Å². The lowest BCUT2D eigenvalue weighted by atomic mass is 9.88. The van der Waals surface area contributed by atoms with E-state index < -0.39 is 0 Å². The molecule has 2 aromatic heterocycles. The molecule has 3 aromatic rings. The average Bonchev–Trinajstić information content (AvgIpc) is 3.56. The van der Waals surface area contributed by atoms with Crippen molar-refractivity contribution in [3.05, 3.63) is 52.8 Å². The van der Waals surface area contributed by atoms with Crippen LogP contribution in [0.1, 0.15) is 83.5 Å². The molecule has 32 heavy (non-hydrogen) atoms. The van der Waals surface area contributed by atoms with Gasteiger partial charge < -0.3 is 14.5 Å². The van der Waals surface area contributed by atoms with E-state index in [9.17, 15) is 14.7 Å². The number of amides is 1. The Hall–Kier alpha value is -3.22. The number of aromatic hydroxyl groups is 1. The largest absolute Gasteiger partial charge is 0.508 e. The number of aromatic nitrogens is 2. The first-order chi connectivity index (χ1) is 15.4. The summed E-state index contributed by atoms with van der Waals surface area (Å²) in [6.07, 6.45) is 3.41. The smallest absolute Gasteiger partial charge is 0.259 e. The Bertz CT molecular complexity index is 1170. The molecule has 0 unspecified atom stereocenters. The van der Waals surface area contributed by atoms with E-state index in [0.717, 1.165) is 29.6 Å². The van der Waals surface area contributed by atoms with Crippen LogP contribution in [0.15, 0.2) is 34.9 Å². The molecule has 166 valence electrons. The fourth-order valence-electron chi connectivity index (χ4n) is 4.52. The van der Waals surface area contributed by atoms with E-state index in [2.05, 4.69) is 10.1 Å². The van der Waals surface area contributed by atoms with Crippen LogP contribution in [-0.2, 0) is 0 Å². The Labute approximate surface area is 186 Å². The van der Waals surface area contributed by atoms with Crippen LogP contribution in [0.3, 0.4) is 0 Å². The third-order valence-corrected chi connectivity index (χ3v) is 6.57. The van der Waals surface area contributed by atoms with Crippen molar-refractivity contribution in [1.29, 1.82) is 0 Å². The molecule has 1 saturated carbocycles.